The first-order chi connectivity index (χ1) is 29.7. The van der Waals surface area contributed by atoms with Crippen molar-refractivity contribution in [1.29, 1.82) is 5.26 Å². The fraction of sp³-hybridized carbons (Fsp3) is 0. The van der Waals surface area contributed by atoms with Crippen LogP contribution in [0, 0.1) is 11.3 Å². The van der Waals surface area contributed by atoms with Gasteiger partial charge < -0.3 is 4.57 Å². The molecule has 0 unspecified atom stereocenters. The molecule has 0 amide bonds. The lowest BCUT2D eigenvalue weighted by Gasteiger charge is -2.14. The maximum absolute atomic E-state index is 9.50. The predicted octanol–water partition coefficient (Wildman–Crippen LogP) is 13.8. The quantitative estimate of drug-likeness (QED) is 0.175. The first-order valence-electron chi connectivity index (χ1n) is 20.1. The summed E-state index contributed by atoms with van der Waals surface area (Å²) in [7, 11) is 0. The maximum atomic E-state index is 9.50. The highest BCUT2D eigenvalue weighted by Gasteiger charge is 2.22. The molecule has 0 aliphatic heterocycles. The molecule has 5 nitrogen and oxygen atoms in total. The Kier molecular flexibility index (Phi) is 7.53. The van der Waals surface area contributed by atoms with E-state index in [1.165, 1.54) is 32.7 Å². The molecular formula is C55H33N5. The standard InChI is InChI=1S/C55H33N5/c56-34-35-22-24-36(25-23-35)40-26-28-45-48(32-40)57-54(41-27-29-50-46(31-41)44-18-9-10-20-49(44)59(50)42-16-5-2-6-17-42)58-55(45)60-51-21-11-19-43(37-12-3-1-4-13-37)53(51)47-30-38-14-7-8-15-39(38)33-52(47)60/h1-33H. The smallest absolute Gasteiger partial charge is 0.162 e. The van der Waals surface area contributed by atoms with E-state index in [4.69, 9.17) is 9.97 Å². The second-order valence-electron chi connectivity index (χ2n) is 15.3. The van der Waals surface area contributed by atoms with E-state index in [1.54, 1.807) is 0 Å². The first-order valence-corrected chi connectivity index (χ1v) is 20.1. The van der Waals surface area contributed by atoms with Crippen LogP contribution in [0.1, 0.15) is 5.56 Å². The van der Waals surface area contributed by atoms with Crippen LogP contribution in [-0.2, 0) is 0 Å². The number of para-hydroxylation sites is 2. The van der Waals surface area contributed by atoms with Gasteiger partial charge in [-0.15, -0.1) is 0 Å². The lowest BCUT2D eigenvalue weighted by molar-refractivity contribution is 1.08. The third-order valence-corrected chi connectivity index (χ3v) is 11.9. The van der Waals surface area contributed by atoms with E-state index in [0.717, 1.165) is 71.9 Å². The fourth-order valence-electron chi connectivity index (χ4n) is 9.14. The van der Waals surface area contributed by atoms with Crippen molar-refractivity contribution < 1.29 is 0 Å². The lowest BCUT2D eigenvalue weighted by atomic mass is 9.98. The zero-order valence-corrected chi connectivity index (χ0v) is 32.3. The first kappa shape index (κ1) is 33.8. The van der Waals surface area contributed by atoms with Crippen LogP contribution in [-0.4, -0.2) is 19.1 Å². The van der Waals surface area contributed by atoms with Gasteiger partial charge in [0.1, 0.15) is 5.82 Å². The highest BCUT2D eigenvalue weighted by atomic mass is 15.1. The zero-order valence-electron chi connectivity index (χ0n) is 32.3. The number of hydrogen-bond acceptors (Lipinski definition) is 3. The third-order valence-electron chi connectivity index (χ3n) is 11.9. The van der Waals surface area contributed by atoms with Gasteiger partial charge in [0.15, 0.2) is 5.82 Å². The fourth-order valence-corrected chi connectivity index (χ4v) is 9.14. The Labute approximate surface area is 345 Å². The molecule has 0 saturated carbocycles. The van der Waals surface area contributed by atoms with Gasteiger partial charge in [-0.1, -0.05) is 121 Å². The average Bonchev–Trinajstić information content (AvgIpc) is 3.82. The number of hydrogen-bond donors (Lipinski definition) is 0. The van der Waals surface area contributed by atoms with Crippen molar-refractivity contribution in [2.75, 3.05) is 0 Å². The Hall–Kier alpha value is -8.33. The molecule has 0 aliphatic rings. The van der Waals surface area contributed by atoms with E-state index in [1.807, 2.05) is 24.3 Å². The van der Waals surface area contributed by atoms with Gasteiger partial charge in [0.25, 0.3) is 0 Å². The van der Waals surface area contributed by atoms with Gasteiger partial charge in [-0.25, -0.2) is 9.97 Å². The Morgan fingerprint density at radius 1 is 0.400 bits per heavy atom. The predicted molar refractivity (Wildman–Crippen MR) is 247 cm³/mol. The summed E-state index contributed by atoms with van der Waals surface area (Å²) in [6, 6.07) is 72.6. The van der Waals surface area contributed by atoms with Crippen LogP contribution in [0.4, 0.5) is 0 Å². The van der Waals surface area contributed by atoms with Crippen molar-refractivity contribution in [3.05, 3.63) is 206 Å². The number of aromatic nitrogens is 4. The number of nitriles is 1. The molecule has 3 aromatic heterocycles. The van der Waals surface area contributed by atoms with Crippen LogP contribution in [0.25, 0.3) is 110 Å². The largest absolute Gasteiger partial charge is 0.309 e. The summed E-state index contributed by atoms with van der Waals surface area (Å²) in [5.74, 6) is 1.46. The van der Waals surface area contributed by atoms with E-state index in [0.29, 0.717) is 11.4 Å². The van der Waals surface area contributed by atoms with Gasteiger partial charge in [0.05, 0.1) is 39.2 Å². The summed E-state index contributed by atoms with van der Waals surface area (Å²) in [4.78, 5) is 11.0. The third kappa shape index (κ3) is 5.25. The van der Waals surface area contributed by atoms with Crippen LogP contribution < -0.4 is 0 Å². The second kappa shape index (κ2) is 13.4. The highest BCUT2D eigenvalue weighted by molar-refractivity contribution is 6.19. The molecule has 0 spiro atoms. The molecule has 0 atom stereocenters. The molecule has 12 rings (SSSR count). The topological polar surface area (TPSA) is 59.4 Å². The summed E-state index contributed by atoms with van der Waals surface area (Å²) in [5, 5.41) is 17.5. The van der Waals surface area contributed by atoms with E-state index in [9.17, 15) is 5.26 Å². The van der Waals surface area contributed by atoms with E-state index < -0.39 is 0 Å². The minimum Gasteiger partial charge on any atom is -0.309 e. The minimum absolute atomic E-state index is 0.629. The maximum Gasteiger partial charge on any atom is 0.162 e. The molecule has 0 bridgehead atoms. The summed E-state index contributed by atoms with van der Waals surface area (Å²) in [6.07, 6.45) is 0. The summed E-state index contributed by atoms with van der Waals surface area (Å²) < 4.78 is 4.68. The van der Waals surface area contributed by atoms with Gasteiger partial charge in [0, 0.05) is 38.2 Å². The van der Waals surface area contributed by atoms with Crippen LogP contribution in [0.5, 0.6) is 0 Å². The molecule has 0 radical (unpaired) electrons. The van der Waals surface area contributed by atoms with Crippen LogP contribution >= 0.6 is 0 Å². The van der Waals surface area contributed by atoms with Gasteiger partial charge in [0.2, 0.25) is 0 Å². The average molecular weight is 764 g/mol. The minimum atomic E-state index is 0.629. The normalized spacial score (nSPS) is 11.7. The van der Waals surface area contributed by atoms with Crippen molar-refractivity contribution in [2.45, 2.75) is 0 Å². The molecule has 0 N–H and O–H groups in total. The van der Waals surface area contributed by atoms with Gasteiger partial charge in [-0.2, -0.15) is 5.26 Å². The van der Waals surface area contributed by atoms with Gasteiger partial charge in [-0.05, 0) is 112 Å². The van der Waals surface area contributed by atoms with Crippen molar-refractivity contribution in [3.63, 3.8) is 0 Å². The molecule has 0 fully saturated rings. The molecule has 60 heavy (non-hydrogen) atoms. The van der Waals surface area contributed by atoms with Crippen LogP contribution in [0.15, 0.2) is 200 Å². The molecular weight excluding hydrogens is 731 g/mol. The van der Waals surface area contributed by atoms with Gasteiger partial charge >= 0.3 is 0 Å². The highest BCUT2D eigenvalue weighted by Crippen LogP contribution is 2.42. The van der Waals surface area contributed by atoms with E-state index in [-0.39, 0.29) is 0 Å². The molecule has 0 aliphatic carbocycles. The molecule has 3 heterocycles. The molecule has 278 valence electrons. The van der Waals surface area contributed by atoms with E-state index >= 15 is 0 Å². The summed E-state index contributed by atoms with van der Waals surface area (Å²) >= 11 is 0. The van der Waals surface area contributed by atoms with Crippen molar-refractivity contribution >= 4 is 65.3 Å². The molecule has 9 aromatic carbocycles. The number of rotatable bonds is 5. The molecule has 12 aromatic rings. The van der Waals surface area contributed by atoms with Crippen molar-refractivity contribution in [3.8, 4) is 51.2 Å². The zero-order chi connectivity index (χ0) is 39.7. The molecule has 0 saturated heterocycles. The van der Waals surface area contributed by atoms with Crippen molar-refractivity contribution in [2.24, 2.45) is 0 Å². The van der Waals surface area contributed by atoms with E-state index in [2.05, 4.69) is 191 Å². The Morgan fingerprint density at radius 3 is 1.90 bits per heavy atom. The Bertz CT molecular complexity index is 3700. The summed E-state index contributed by atoms with van der Waals surface area (Å²) in [5.41, 5.74) is 12.3. The van der Waals surface area contributed by atoms with Gasteiger partial charge in [-0.3, -0.25) is 4.57 Å². The number of nitrogens with zero attached hydrogens (tertiary/aromatic N) is 5. The van der Waals surface area contributed by atoms with Crippen LogP contribution in [0.2, 0.25) is 0 Å². The lowest BCUT2D eigenvalue weighted by Crippen LogP contribution is -2.03. The monoisotopic (exact) mass is 763 g/mol. The van der Waals surface area contributed by atoms with Crippen molar-refractivity contribution in [1.82, 2.24) is 19.1 Å². The van der Waals surface area contributed by atoms with Crippen LogP contribution in [0.3, 0.4) is 0 Å². The SMILES string of the molecule is N#Cc1ccc(-c2ccc3c(-n4c5cc6ccccc6cc5c5c(-c6ccccc6)cccc54)nc(-c4ccc5c(c4)c4ccccc4n5-c4ccccc4)nc3c2)cc1. The Morgan fingerprint density at radius 2 is 1.08 bits per heavy atom. The number of benzene rings is 9. The molecule has 5 heteroatoms. The Balaban J connectivity index is 1.17. The summed E-state index contributed by atoms with van der Waals surface area (Å²) in [6.45, 7) is 0. The second-order valence-corrected chi connectivity index (χ2v) is 15.3. The number of fused-ring (bicyclic) bond motifs is 8.